The van der Waals surface area contributed by atoms with Crippen LogP contribution in [0.5, 0.6) is 0 Å². The fourth-order valence-electron chi connectivity index (χ4n) is 1.23. The molecular weight excluding hydrogens is 156 g/mol. The lowest BCUT2D eigenvalue weighted by Crippen LogP contribution is -2.19. The quantitative estimate of drug-likeness (QED) is 0.644. The molecule has 1 aliphatic carbocycles. The molecule has 0 unspecified atom stereocenters. The lowest BCUT2D eigenvalue weighted by atomic mass is 10.3. The second-order valence-corrected chi connectivity index (χ2v) is 3.12. The number of hydrogen-bond acceptors (Lipinski definition) is 4. The monoisotopic (exact) mass is 168 g/mol. The van der Waals surface area contributed by atoms with Crippen LogP contribution in [0.3, 0.4) is 0 Å². The van der Waals surface area contributed by atoms with Crippen LogP contribution in [0.25, 0.3) is 0 Å². The number of aliphatic hydroxyl groups is 1. The highest BCUT2D eigenvalue weighted by Gasteiger charge is 2.27. The fourth-order valence-corrected chi connectivity index (χ4v) is 1.23. The standard InChI is InChI=1S/C7H12N4O/c8-6(3-12)7-10-9-4-11(7)5-1-2-5/h4-6,12H,1-3,8H2/t6-/m0/s1. The van der Waals surface area contributed by atoms with Crippen molar-refractivity contribution in [2.75, 3.05) is 6.61 Å². The predicted octanol–water partition coefficient (Wildman–Crippen LogP) is -0.395. The van der Waals surface area contributed by atoms with Crippen molar-refractivity contribution >= 4 is 0 Å². The Morgan fingerprint density at radius 2 is 2.50 bits per heavy atom. The summed E-state index contributed by atoms with van der Waals surface area (Å²) in [5, 5.41) is 16.5. The molecule has 1 aromatic rings. The minimum absolute atomic E-state index is 0.0780. The maximum Gasteiger partial charge on any atom is 0.152 e. The largest absolute Gasteiger partial charge is 0.394 e. The van der Waals surface area contributed by atoms with Gasteiger partial charge in [-0.05, 0) is 12.8 Å². The molecule has 0 radical (unpaired) electrons. The van der Waals surface area contributed by atoms with Gasteiger partial charge in [0.05, 0.1) is 12.6 Å². The molecule has 5 nitrogen and oxygen atoms in total. The third kappa shape index (κ3) is 1.21. The van der Waals surface area contributed by atoms with Crippen molar-refractivity contribution < 1.29 is 5.11 Å². The smallest absolute Gasteiger partial charge is 0.152 e. The van der Waals surface area contributed by atoms with E-state index in [4.69, 9.17) is 10.8 Å². The van der Waals surface area contributed by atoms with Gasteiger partial charge in [-0.1, -0.05) is 0 Å². The third-order valence-electron chi connectivity index (χ3n) is 2.07. The summed E-state index contributed by atoms with van der Waals surface area (Å²) in [6.07, 6.45) is 4.02. The van der Waals surface area contributed by atoms with Gasteiger partial charge in [-0.15, -0.1) is 10.2 Å². The average molecular weight is 168 g/mol. The Morgan fingerprint density at radius 1 is 1.75 bits per heavy atom. The molecule has 1 saturated carbocycles. The van der Waals surface area contributed by atoms with E-state index in [0.717, 1.165) is 0 Å². The van der Waals surface area contributed by atoms with Crippen LogP contribution < -0.4 is 5.73 Å². The SMILES string of the molecule is N[C@@H](CO)c1nncn1C1CC1. The summed E-state index contributed by atoms with van der Waals surface area (Å²) in [4.78, 5) is 0. The molecule has 5 heteroatoms. The first kappa shape index (κ1) is 7.70. The van der Waals surface area contributed by atoms with Crippen LogP contribution in [0.15, 0.2) is 6.33 Å². The Labute approximate surface area is 70.2 Å². The number of nitrogens with two attached hydrogens (primary N) is 1. The summed E-state index contributed by atoms with van der Waals surface area (Å²) < 4.78 is 1.96. The van der Waals surface area contributed by atoms with E-state index in [9.17, 15) is 0 Å². The predicted molar refractivity (Wildman–Crippen MR) is 42.3 cm³/mol. The molecule has 0 aromatic carbocycles. The Balaban J connectivity index is 2.23. The highest BCUT2D eigenvalue weighted by Crippen LogP contribution is 2.35. The van der Waals surface area contributed by atoms with E-state index in [2.05, 4.69) is 10.2 Å². The summed E-state index contributed by atoms with van der Waals surface area (Å²) in [6, 6.07) is 0.126. The molecule has 1 heterocycles. The van der Waals surface area contributed by atoms with Gasteiger partial charge in [-0.25, -0.2) is 0 Å². The van der Waals surface area contributed by atoms with Gasteiger partial charge in [-0.2, -0.15) is 0 Å². The second kappa shape index (κ2) is 2.84. The zero-order valence-electron chi connectivity index (χ0n) is 6.72. The Kier molecular flexibility index (Phi) is 1.82. The van der Waals surface area contributed by atoms with Crippen molar-refractivity contribution in [3.63, 3.8) is 0 Å². The van der Waals surface area contributed by atoms with Crippen molar-refractivity contribution in [3.05, 3.63) is 12.2 Å². The van der Waals surface area contributed by atoms with Crippen molar-refractivity contribution in [2.45, 2.75) is 24.9 Å². The molecule has 0 spiro atoms. The maximum absolute atomic E-state index is 8.83. The van der Waals surface area contributed by atoms with Crippen molar-refractivity contribution in [1.29, 1.82) is 0 Å². The van der Waals surface area contributed by atoms with Crippen molar-refractivity contribution in [1.82, 2.24) is 14.8 Å². The van der Waals surface area contributed by atoms with E-state index < -0.39 is 6.04 Å². The number of aliphatic hydroxyl groups excluding tert-OH is 1. The van der Waals surface area contributed by atoms with Gasteiger partial charge in [0.2, 0.25) is 0 Å². The lowest BCUT2D eigenvalue weighted by molar-refractivity contribution is 0.260. The Hall–Kier alpha value is -0.940. The molecule has 0 bridgehead atoms. The zero-order chi connectivity index (χ0) is 8.55. The van der Waals surface area contributed by atoms with Gasteiger partial charge in [0, 0.05) is 6.04 Å². The van der Waals surface area contributed by atoms with Gasteiger partial charge in [-0.3, -0.25) is 0 Å². The van der Waals surface area contributed by atoms with E-state index in [1.54, 1.807) is 6.33 Å². The van der Waals surface area contributed by atoms with Gasteiger partial charge in [0.1, 0.15) is 6.33 Å². The van der Waals surface area contributed by atoms with E-state index in [1.807, 2.05) is 4.57 Å². The maximum atomic E-state index is 8.83. The molecule has 2 rings (SSSR count). The number of rotatable bonds is 3. The molecule has 1 fully saturated rings. The Bertz CT molecular complexity index is 268. The topological polar surface area (TPSA) is 77.0 Å². The summed E-state index contributed by atoms with van der Waals surface area (Å²) in [6.45, 7) is -0.0780. The van der Waals surface area contributed by atoms with Crippen LogP contribution in [0.4, 0.5) is 0 Å². The number of hydrogen-bond donors (Lipinski definition) is 2. The first-order valence-electron chi connectivity index (χ1n) is 4.08. The van der Waals surface area contributed by atoms with Crippen LogP contribution in [0.2, 0.25) is 0 Å². The van der Waals surface area contributed by atoms with Crippen LogP contribution >= 0.6 is 0 Å². The van der Waals surface area contributed by atoms with E-state index in [-0.39, 0.29) is 6.61 Å². The summed E-state index contributed by atoms with van der Waals surface area (Å²) >= 11 is 0. The lowest BCUT2D eigenvalue weighted by Gasteiger charge is -2.08. The summed E-state index contributed by atoms with van der Waals surface area (Å²) in [5.41, 5.74) is 5.63. The molecule has 1 aliphatic rings. The molecule has 3 N–H and O–H groups in total. The normalized spacial score (nSPS) is 19.5. The molecule has 0 saturated heterocycles. The molecular formula is C7H12N4O. The zero-order valence-corrected chi connectivity index (χ0v) is 6.72. The molecule has 12 heavy (non-hydrogen) atoms. The van der Waals surface area contributed by atoms with E-state index in [0.29, 0.717) is 11.9 Å². The minimum Gasteiger partial charge on any atom is -0.394 e. The minimum atomic E-state index is -0.395. The molecule has 66 valence electrons. The summed E-state index contributed by atoms with van der Waals surface area (Å²) in [7, 11) is 0. The first-order chi connectivity index (χ1) is 5.83. The van der Waals surface area contributed by atoms with Crippen LogP contribution in [0, 0.1) is 0 Å². The Morgan fingerprint density at radius 3 is 3.08 bits per heavy atom. The molecule has 0 aliphatic heterocycles. The van der Waals surface area contributed by atoms with Gasteiger partial charge < -0.3 is 15.4 Å². The second-order valence-electron chi connectivity index (χ2n) is 3.12. The number of aromatic nitrogens is 3. The van der Waals surface area contributed by atoms with Crippen LogP contribution in [0.1, 0.15) is 30.7 Å². The van der Waals surface area contributed by atoms with Crippen LogP contribution in [-0.4, -0.2) is 26.5 Å². The average Bonchev–Trinajstić information content (AvgIpc) is 2.83. The molecule has 1 aromatic heterocycles. The van der Waals surface area contributed by atoms with Crippen molar-refractivity contribution in [3.8, 4) is 0 Å². The van der Waals surface area contributed by atoms with Crippen molar-refractivity contribution in [2.24, 2.45) is 5.73 Å². The van der Waals surface area contributed by atoms with Gasteiger partial charge in [0.25, 0.3) is 0 Å². The highest BCUT2D eigenvalue weighted by atomic mass is 16.3. The third-order valence-corrected chi connectivity index (χ3v) is 2.07. The first-order valence-corrected chi connectivity index (χ1v) is 4.08. The fraction of sp³-hybridized carbons (Fsp3) is 0.714. The number of nitrogens with zero attached hydrogens (tertiary/aromatic N) is 3. The highest BCUT2D eigenvalue weighted by molar-refractivity contribution is 4.99. The molecule has 1 atom stereocenters. The van der Waals surface area contributed by atoms with Crippen LogP contribution in [-0.2, 0) is 0 Å². The van der Waals surface area contributed by atoms with Gasteiger partial charge >= 0.3 is 0 Å². The van der Waals surface area contributed by atoms with E-state index >= 15 is 0 Å². The summed E-state index contributed by atoms with van der Waals surface area (Å²) in [5.74, 6) is 0.694. The van der Waals surface area contributed by atoms with Gasteiger partial charge in [0.15, 0.2) is 5.82 Å². The van der Waals surface area contributed by atoms with E-state index in [1.165, 1.54) is 12.8 Å². The molecule has 0 amide bonds.